The molecule has 3 nitrogen and oxygen atoms in total. The molecule has 15 heavy (non-hydrogen) atoms. The summed E-state index contributed by atoms with van der Waals surface area (Å²) in [5.74, 6) is 0. The van der Waals surface area contributed by atoms with Crippen LogP contribution in [0.15, 0.2) is 18.3 Å². The molecular weight excluding hydrogens is 212 g/mol. The van der Waals surface area contributed by atoms with Crippen molar-refractivity contribution in [3.05, 3.63) is 34.3 Å². The molecule has 1 saturated heterocycles. The predicted octanol–water partition coefficient (Wildman–Crippen LogP) is 1.96. The van der Waals surface area contributed by atoms with Gasteiger partial charge in [-0.3, -0.25) is 4.90 Å². The molecule has 0 bridgehead atoms. The van der Waals surface area contributed by atoms with Gasteiger partial charge in [0.1, 0.15) is 0 Å². The Bertz CT molecular complexity index is 337. The Hall–Kier alpha value is -0.800. The Morgan fingerprint density at radius 3 is 2.67 bits per heavy atom. The monoisotopic (exact) mass is 226 g/mol. The van der Waals surface area contributed by atoms with Crippen LogP contribution in [0, 0.1) is 5.21 Å². The van der Waals surface area contributed by atoms with Crippen molar-refractivity contribution >= 4 is 11.6 Å². The Kier molecular flexibility index (Phi) is 3.44. The second kappa shape index (κ2) is 4.81. The van der Waals surface area contributed by atoms with E-state index >= 15 is 0 Å². The van der Waals surface area contributed by atoms with Gasteiger partial charge in [-0.2, -0.15) is 4.73 Å². The molecule has 0 aromatic carbocycles. The summed E-state index contributed by atoms with van der Waals surface area (Å²) in [7, 11) is 0. The number of aromatic nitrogens is 1. The van der Waals surface area contributed by atoms with Gasteiger partial charge in [0.2, 0.25) is 0 Å². The average molecular weight is 227 g/mol. The van der Waals surface area contributed by atoms with Crippen molar-refractivity contribution < 1.29 is 4.73 Å². The maximum atomic E-state index is 11.2. The predicted molar refractivity (Wildman–Crippen MR) is 59.5 cm³/mol. The molecule has 0 radical (unpaired) electrons. The minimum atomic E-state index is 0.234. The van der Waals surface area contributed by atoms with E-state index in [1.165, 1.54) is 19.3 Å². The number of likely N-dealkylation sites (tertiary alicyclic amines) is 1. The van der Waals surface area contributed by atoms with E-state index in [-0.39, 0.29) is 5.15 Å². The normalized spacial score (nSPS) is 17.9. The fourth-order valence-corrected chi connectivity index (χ4v) is 2.09. The molecule has 0 saturated carbocycles. The molecule has 0 aliphatic carbocycles. The van der Waals surface area contributed by atoms with E-state index in [1.54, 1.807) is 12.3 Å². The van der Waals surface area contributed by atoms with Gasteiger partial charge in [-0.05, 0) is 43.6 Å². The van der Waals surface area contributed by atoms with Crippen LogP contribution in [0.2, 0.25) is 5.15 Å². The summed E-state index contributed by atoms with van der Waals surface area (Å²) in [5, 5.41) is 11.5. The molecule has 1 aromatic heterocycles. The largest absolute Gasteiger partial charge is 0.618 e. The van der Waals surface area contributed by atoms with Gasteiger partial charge in [-0.15, -0.1) is 0 Å². The molecule has 0 atom stereocenters. The van der Waals surface area contributed by atoms with Gasteiger partial charge in [-0.1, -0.05) is 6.42 Å². The van der Waals surface area contributed by atoms with Gasteiger partial charge in [0.05, 0.1) is 0 Å². The number of pyridine rings is 1. The van der Waals surface area contributed by atoms with E-state index in [9.17, 15) is 5.21 Å². The SMILES string of the molecule is [O-][n+]1cc(CN2CCCCC2)ccc1Cl. The summed E-state index contributed by atoms with van der Waals surface area (Å²) >= 11 is 5.66. The molecule has 82 valence electrons. The lowest BCUT2D eigenvalue weighted by molar-refractivity contribution is -0.603. The molecule has 0 unspecified atom stereocenters. The van der Waals surface area contributed by atoms with E-state index in [4.69, 9.17) is 11.6 Å². The van der Waals surface area contributed by atoms with Gasteiger partial charge < -0.3 is 5.21 Å². The standard InChI is InChI=1S/C11H15ClN2O/c12-11-5-4-10(9-14(11)15)8-13-6-2-1-3-7-13/h4-5,9H,1-3,6-8H2. The zero-order chi connectivity index (χ0) is 10.7. The average Bonchev–Trinajstić information content (AvgIpc) is 2.25. The van der Waals surface area contributed by atoms with Crippen molar-refractivity contribution in [3.63, 3.8) is 0 Å². The first-order valence-electron chi connectivity index (χ1n) is 5.35. The third kappa shape index (κ3) is 2.83. The maximum absolute atomic E-state index is 11.2. The zero-order valence-corrected chi connectivity index (χ0v) is 9.41. The van der Waals surface area contributed by atoms with Crippen molar-refractivity contribution in [2.24, 2.45) is 0 Å². The van der Waals surface area contributed by atoms with E-state index in [0.29, 0.717) is 0 Å². The minimum Gasteiger partial charge on any atom is -0.618 e. The van der Waals surface area contributed by atoms with Crippen molar-refractivity contribution in [2.45, 2.75) is 25.8 Å². The summed E-state index contributed by atoms with van der Waals surface area (Å²) in [4.78, 5) is 2.38. The van der Waals surface area contributed by atoms with Crippen molar-refractivity contribution in [1.82, 2.24) is 4.90 Å². The molecular formula is C11H15ClN2O. The summed E-state index contributed by atoms with van der Waals surface area (Å²) < 4.78 is 0.723. The highest BCUT2D eigenvalue weighted by Gasteiger charge is 2.12. The minimum absolute atomic E-state index is 0.234. The summed E-state index contributed by atoms with van der Waals surface area (Å²) in [6.07, 6.45) is 5.44. The fourth-order valence-electron chi connectivity index (χ4n) is 1.97. The number of halogens is 1. The lowest BCUT2D eigenvalue weighted by Gasteiger charge is -2.25. The lowest BCUT2D eigenvalue weighted by Crippen LogP contribution is -2.32. The molecule has 0 amide bonds. The molecule has 0 N–H and O–H groups in total. The van der Waals surface area contributed by atoms with E-state index < -0.39 is 0 Å². The number of hydrogen-bond donors (Lipinski definition) is 0. The molecule has 1 aromatic rings. The van der Waals surface area contributed by atoms with E-state index in [2.05, 4.69) is 4.90 Å². The van der Waals surface area contributed by atoms with Crippen LogP contribution in [0.3, 0.4) is 0 Å². The van der Waals surface area contributed by atoms with Crippen LogP contribution in [0.1, 0.15) is 24.8 Å². The van der Waals surface area contributed by atoms with Crippen LogP contribution in [0.5, 0.6) is 0 Å². The lowest BCUT2D eigenvalue weighted by atomic mass is 10.1. The third-order valence-corrected chi connectivity index (χ3v) is 3.08. The fraction of sp³-hybridized carbons (Fsp3) is 0.545. The number of hydrogen-bond acceptors (Lipinski definition) is 2. The molecule has 4 heteroatoms. The van der Waals surface area contributed by atoms with Crippen LogP contribution in [0.25, 0.3) is 0 Å². The Balaban J connectivity index is 2.00. The smallest absolute Gasteiger partial charge is 0.286 e. The van der Waals surface area contributed by atoms with Crippen LogP contribution < -0.4 is 4.73 Å². The highest BCUT2D eigenvalue weighted by molar-refractivity contribution is 6.28. The maximum Gasteiger partial charge on any atom is 0.286 e. The second-order valence-corrected chi connectivity index (χ2v) is 4.41. The van der Waals surface area contributed by atoms with E-state index in [0.717, 1.165) is 29.9 Å². The van der Waals surface area contributed by atoms with Crippen molar-refractivity contribution in [2.75, 3.05) is 13.1 Å². The molecule has 0 spiro atoms. The third-order valence-electron chi connectivity index (χ3n) is 2.78. The van der Waals surface area contributed by atoms with Gasteiger partial charge in [-0.25, -0.2) is 0 Å². The second-order valence-electron chi connectivity index (χ2n) is 4.02. The Morgan fingerprint density at radius 2 is 2.00 bits per heavy atom. The quantitative estimate of drug-likeness (QED) is 0.439. The van der Waals surface area contributed by atoms with Crippen LogP contribution >= 0.6 is 11.6 Å². The van der Waals surface area contributed by atoms with Crippen LogP contribution in [-0.4, -0.2) is 18.0 Å². The van der Waals surface area contributed by atoms with Crippen molar-refractivity contribution in [3.8, 4) is 0 Å². The van der Waals surface area contributed by atoms with Crippen molar-refractivity contribution in [1.29, 1.82) is 0 Å². The van der Waals surface area contributed by atoms with Gasteiger partial charge >= 0.3 is 0 Å². The first kappa shape index (κ1) is 10.7. The van der Waals surface area contributed by atoms with Crippen LogP contribution in [-0.2, 0) is 6.54 Å². The highest BCUT2D eigenvalue weighted by Crippen LogP contribution is 2.12. The molecule has 2 heterocycles. The topological polar surface area (TPSA) is 30.2 Å². The Labute approximate surface area is 94.9 Å². The van der Waals surface area contributed by atoms with Gasteiger partial charge in [0.15, 0.2) is 6.20 Å². The van der Waals surface area contributed by atoms with E-state index in [1.807, 2.05) is 6.07 Å². The summed E-state index contributed by atoms with van der Waals surface area (Å²) in [5.41, 5.74) is 1.04. The summed E-state index contributed by atoms with van der Waals surface area (Å²) in [6, 6.07) is 3.58. The zero-order valence-electron chi connectivity index (χ0n) is 8.66. The number of piperidine rings is 1. The van der Waals surface area contributed by atoms with Gasteiger partial charge in [0, 0.05) is 18.2 Å². The Morgan fingerprint density at radius 1 is 1.27 bits per heavy atom. The first-order valence-corrected chi connectivity index (χ1v) is 5.73. The van der Waals surface area contributed by atoms with Gasteiger partial charge in [0.25, 0.3) is 5.15 Å². The number of rotatable bonds is 2. The highest BCUT2D eigenvalue weighted by atomic mass is 35.5. The molecule has 1 aliphatic heterocycles. The molecule has 1 fully saturated rings. The van der Waals surface area contributed by atoms with Crippen LogP contribution in [0.4, 0.5) is 0 Å². The molecule has 1 aliphatic rings. The number of nitrogens with zero attached hydrogens (tertiary/aromatic N) is 2. The summed E-state index contributed by atoms with van der Waals surface area (Å²) in [6.45, 7) is 3.14. The first-order chi connectivity index (χ1) is 7.25. The molecule has 2 rings (SSSR count).